The summed E-state index contributed by atoms with van der Waals surface area (Å²) < 4.78 is 0. The number of nitrogens with zero attached hydrogens (tertiary/aromatic N) is 1. The Bertz CT molecular complexity index is 581. The van der Waals surface area contributed by atoms with Crippen LogP contribution in [0.25, 0.3) is 10.8 Å². The van der Waals surface area contributed by atoms with Crippen molar-refractivity contribution < 1.29 is 9.90 Å². The molecule has 0 aliphatic carbocycles. The van der Waals surface area contributed by atoms with Gasteiger partial charge in [-0.1, -0.05) is 12.1 Å². The van der Waals surface area contributed by atoms with Crippen LogP contribution in [-0.2, 0) is 0 Å². The quantitative estimate of drug-likeness (QED) is 0.702. The van der Waals surface area contributed by atoms with Gasteiger partial charge in [0.2, 0.25) is 0 Å². The Morgan fingerprint density at radius 1 is 1.44 bits per heavy atom. The smallest absolute Gasteiger partial charge is 0.270 e. The number of nitrogens with one attached hydrogen (secondary N) is 1. The van der Waals surface area contributed by atoms with Gasteiger partial charge < -0.3 is 16.2 Å². The van der Waals surface area contributed by atoms with E-state index in [1.54, 1.807) is 37.4 Å². The molecule has 0 bridgehead atoms. The van der Waals surface area contributed by atoms with Crippen molar-refractivity contribution in [2.24, 2.45) is 0 Å². The molecule has 2 rings (SSSR count). The molecule has 1 amide bonds. The maximum atomic E-state index is 11.9. The molecule has 1 aromatic heterocycles. The number of anilines is 1. The topological polar surface area (TPSA) is 88.2 Å². The molecule has 1 aromatic carbocycles. The molecule has 5 heteroatoms. The van der Waals surface area contributed by atoms with Crippen LogP contribution >= 0.6 is 0 Å². The van der Waals surface area contributed by atoms with E-state index in [0.717, 1.165) is 5.39 Å². The third kappa shape index (κ3) is 2.41. The van der Waals surface area contributed by atoms with Crippen LogP contribution in [0.5, 0.6) is 0 Å². The lowest BCUT2D eigenvalue weighted by atomic mass is 10.1. The van der Waals surface area contributed by atoms with Gasteiger partial charge in [0.15, 0.2) is 0 Å². The number of hydrogen-bond acceptors (Lipinski definition) is 4. The lowest BCUT2D eigenvalue weighted by Gasteiger charge is -2.09. The number of aliphatic hydroxyl groups excluding tert-OH is 1. The molecule has 18 heavy (non-hydrogen) atoms. The first kappa shape index (κ1) is 12.3. The summed E-state index contributed by atoms with van der Waals surface area (Å²) in [7, 11) is 0. The number of carbonyl (C=O) groups excluding carboxylic acids is 1. The average Bonchev–Trinajstić information content (AvgIpc) is 2.36. The molecule has 0 saturated heterocycles. The van der Waals surface area contributed by atoms with Crippen LogP contribution in [0.3, 0.4) is 0 Å². The first-order valence-corrected chi connectivity index (χ1v) is 5.69. The minimum Gasteiger partial charge on any atom is -0.398 e. The van der Waals surface area contributed by atoms with E-state index in [9.17, 15) is 4.79 Å². The standard InChI is InChI=1S/C13H15N3O2/c1-8(17)7-16-13(18)12-10-3-2-4-11(14)9(10)5-6-15-12/h2-6,8,17H,7,14H2,1H3,(H,16,18). The van der Waals surface area contributed by atoms with Gasteiger partial charge in [0.1, 0.15) is 5.69 Å². The predicted molar refractivity (Wildman–Crippen MR) is 70.2 cm³/mol. The second-order valence-corrected chi connectivity index (χ2v) is 4.16. The number of aliphatic hydroxyl groups is 1. The molecule has 4 N–H and O–H groups in total. The number of pyridine rings is 1. The molecule has 1 unspecified atom stereocenters. The van der Waals surface area contributed by atoms with Crippen LogP contribution in [-0.4, -0.2) is 28.6 Å². The number of hydrogen-bond donors (Lipinski definition) is 3. The van der Waals surface area contributed by atoms with Crippen LogP contribution < -0.4 is 11.1 Å². The maximum absolute atomic E-state index is 11.9. The highest BCUT2D eigenvalue weighted by atomic mass is 16.3. The monoisotopic (exact) mass is 245 g/mol. The first-order valence-electron chi connectivity index (χ1n) is 5.69. The summed E-state index contributed by atoms with van der Waals surface area (Å²) in [4.78, 5) is 16.0. The van der Waals surface area contributed by atoms with E-state index in [0.29, 0.717) is 16.8 Å². The third-order valence-corrected chi connectivity index (χ3v) is 2.61. The summed E-state index contributed by atoms with van der Waals surface area (Å²) in [6.45, 7) is 1.80. The maximum Gasteiger partial charge on any atom is 0.270 e. The number of nitrogens with two attached hydrogens (primary N) is 1. The largest absolute Gasteiger partial charge is 0.398 e. The highest BCUT2D eigenvalue weighted by Crippen LogP contribution is 2.22. The molecule has 5 nitrogen and oxygen atoms in total. The fourth-order valence-electron chi connectivity index (χ4n) is 1.74. The van der Waals surface area contributed by atoms with Crippen molar-refractivity contribution in [3.8, 4) is 0 Å². The van der Waals surface area contributed by atoms with Gasteiger partial charge >= 0.3 is 0 Å². The van der Waals surface area contributed by atoms with Gasteiger partial charge in [-0.25, -0.2) is 0 Å². The number of amides is 1. The Labute approximate surface area is 105 Å². The number of benzene rings is 1. The summed E-state index contributed by atoms with van der Waals surface area (Å²) in [6, 6.07) is 7.14. The Kier molecular flexibility index (Phi) is 3.43. The lowest BCUT2D eigenvalue weighted by Crippen LogP contribution is -2.31. The van der Waals surface area contributed by atoms with E-state index in [1.165, 1.54) is 0 Å². The van der Waals surface area contributed by atoms with Crippen molar-refractivity contribution in [1.82, 2.24) is 10.3 Å². The number of fused-ring (bicyclic) bond motifs is 1. The van der Waals surface area contributed by atoms with Gasteiger partial charge in [0.25, 0.3) is 5.91 Å². The van der Waals surface area contributed by atoms with Gasteiger partial charge in [-0.3, -0.25) is 9.78 Å². The lowest BCUT2D eigenvalue weighted by molar-refractivity contribution is 0.0921. The minimum atomic E-state index is -0.589. The van der Waals surface area contributed by atoms with Crippen LogP contribution in [0.15, 0.2) is 30.5 Å². The summed E-state index contributed by atoms with van der Waals surface area (Å²) in [5.74, 6) is -0.313. The van der Waals surface area contributed by atoms with Crippen molar-refractivity contribution in [2.45, 2.75) is 13.0 Å². The number of carbonyl (C=O) groups is 1. The first-order chi connectivity index (χ1) is 8.59. The Morgan fingerprint density at radius 2 is 2.22 bits per heavy atom. The van der Waals surface area contributed by atoms with Gasteiger partial charge in [0, 0.05) is 29.2 Å². The van der Waals surface area contributed by atoms with Crippen molar-refractivity contribution in [3.63, 3.8) is 0 Å². The zero-order chi connectivity index (χ0) is 13.1. The number of rotatable bonds is 3. The molecule has 0 spiro atoms. The highest BCUT2D eigenvalue weighted by Gasteiger charge is 2.12. The van der Waals surface area contributed by atoms with Gasteiger partial charge in [0.05, 0.1) is 6.10 Å². The van der Waals surface area contributed by atoms with Gasteiger partial charge in [-0.2, -0.15) is 0 Å². The normalized spacial score (nSPS) is 12.3. The highest BCUT2D eigenvalue weighted by molar-refractivity contribution is 6.07. The second kappa shape index (κ2) is 5.01. The van der Waals surface area contributed by atoms with Crippen LogP contribution in [0.2, 0.25) is 0 Å². The Balaban J connectivity index is 2.39. The van der Waals surface area contributed by atoms with E-state index >= 15 is 0 Å². The summed E-state index contributed by atoms with van der Waals surface area (Å²) in [5.41, 5.74) is 6.78. The van der Waals surface area contributed by atoms with Gasteiger partial charge in [-0.05, 0) is 19.1 Å². The molecule has 94 valence electrons. The zero-order valence-electron chi connectivity index (χ0n) is 10.1. The van der Waals surface area contributed by atoms with E-state index in [-0.39, 0.29) is 12.5 Å². The molecule has 0 aliphatic rings. The van der Waals surface area contributed by atoms with E-state index in [4.69, 9.17) is 10.8 Å². The van der Waals surface area contributed by atoms with Crippen molar-refractivity contribution in [2.75, 3.05) is 12.3 Å². The molecule has 0 saturated carbocycles. The van der Waals surface area contributed by atoms with Crippen LogP contribution in [0.1, 0.15) is 17.4 Å². The number of aromatic nitrogens is 1. The molecule has 0 aliphatic heterocycles. The fraction of sp³-hybridized carbons (Fsp3) is 0.231. The van der Waals surface area contributed by atoms with E-state index in [1.807, 2.05) is 0 Å². The molecular formula is C13H15N3O2. The average molecular weight is 245 g/mol. The third-order valence-electron chi connectivity index (χ3n) is 2.61. The molecule has 0 fully saturated rings. The molecule has 2 aromatic rings. The van der Waals surface area contributed by atoms with E-state index in [2.05, 4.69) is 10.3 Å². The molecular weight excluding hydrogens is 230 g/mol. The van der Waals surface area contributed by atoms with Crippen molar-refractivity contribution >= 4 is 22.4 Å². The number of nitrogen functional groups attached to an aromatic ring is 1. The zero-order valence-corrected chi connectivity index (χ0v) is 10.1. The molecule has 0 radical (unpaired) electrons. The molecule has 1 heterocycles. The minimum absolute atomic E-state index is 0.194. The molecule has 1 atom stereocenters. The van der Waals surface area contributed by atoms with Crippen LogP contribution in [0.4, 0.5) is 5.69 Å². The summed E-state index contributed by atoms with van der Waals surface area (Å²) in [6.07, 6.45) is 0.963. The fourth-order valence-corrected chi connectivity index (χ4v) is 1.74. The van der Waals surface area contributed by atoms with Crippen LogP contribution in [0, 0.1) is 0 Å². The summed E-state index contributed by atoms with van der Waals surface area (Å²) in [5, 5.41) is 13.3. The van der Waals surface area contributed by atoms with Gasteiger partial charge in [-0.15, -0.1) is 0 Å². The Hall–Kier alpha value is -2.14. The van der Waals surface area contributed by atoms with Crippen molar-refractivity contribution in [3.05, 3.63) is 36.2 Å². The SMILES string of the molecule is CC(O)CNC(=O)c1nccc2c(N)cccc12. The van der Waals surface area contributed by atoms with Crippen molar-refractivity contribution in [1.29, 1.82) is 0 Å². The predicted octanol–water partition coefficient (Wildman–Crippen LogP) is 0.928. The summed E-state index contributed by atoms with van der Waals surface area (Å²) >= 11 is 0. The van der Waals surface area contributed by atoms with E-state index < -0.39 is 6.10 Å². The second-order valence-electron chi connectivity index (χ2n) is 4.16. The Morgan fingerprint density at radius 3 is 2.94 bits per heavy atom.